The van der Waals surface area contributed by atoms with Crippen LogP contribution >= 0.6 is 0 Å². The third-order valence-corrected chi connectivity index (χ3v) is 5.56. The lowest BCUT2D eigenvalue weighted by Gasteiger charge is -2.32. The van der Waals surface area contributed by atoms with E-state index in [-0.39, 0.29) is 11.8 Å². The summed E-state index contributed by atoms with van der Waals surface area (Å²) >= 11 is 0. The molecule has 5 rings (SSSR count). The summed E-state index contributed by atoms with van der Waals surface area (Å²) in [5, 5.41) is 12.9. The van der Waals surface area contributed by atoms with Gasteiger partial charge in [-0.05, 0) is 34.1 Å². The number of aromatic nitrogens is 1. The zero-order chi connectivity index (χ0) is 23.8. The molecule has 1 aromatic heterocycles. The lowest BCUT2D eigenvalue weighted by atomic mass is 9.90. The maximum Gasteiger partial charge on any atom is 0.490 e. The van der Waals surface area contributed by atoms with E-state index in [0.29, 0.717) is 17.9 Å². The smallest absolute Gasteiger partial charge is 0.475 e. The number of likely N-dealkylation sites (N-methyl/N-ethyl adjacent to an activating group) is 1. The van der Waals surface area contributed by atoms with Gasteiger partial charge in [0.1, 0.15) is 0 Å². The molecule has 0 amide bonds. The maximum absolute atomic E-state index is 12.9. The van der Waals surface area contributed by atoms with Gasteiger partial charge in [0.05, 0.1) is 17.4 Å². The number of aliphatic carboxylic acids is 1. The third-order valence-electron chi connectivity index (χ3n) is 5.56. The Balaban J connectivity index is 0.000000325. The maximum atomic E-state index is 12.9. The predicted molar refractivity (Wildman–Crippen MR) is 117 cm³/mol. The Morgan fingerprint density at radius 2 is 1.88 bits per heavy atom. The van der Waals surface area contributed by atoms with Gasteiger partial charge in [0.25, 0.3) is 0 Å². The Labute approximate surface area is 187 Å². The van der Waals surface area contributed by atoms with Crippen LogP contribution in [0.15, 0.2) is 66.6 Å². The lowest BCUT2D eigenvalue weighted by molar-refractivity contribution is -0.192. The first kappa shape index (κ1) is 22.2. The van der Waals surface area contributed by atoms with Gasteiger partial charge in [0, 0.05) is 31.6 Å². The topological polar surface area (TPSA) is 85.4 Å². The summed E-state index contributed by atoms with van der Waals surface area (Å²) in [6.07, 6.45) is 2.97. The molecule has 6 nitrogen and oxygen atoms in total. The highest BCUT2D eigenvalue weighted by Gasteiger charge is 2.38. The van der Waals surface area contributed by atoms with Gasteiger partial charge in [-0.2, -0.15) is 13.2 Å². The number of aromatic amines is 1. The number of nitrogens with one attached hydrogen (secondary N) is 2. The Morgan fingerprint density at radius 1 is 1.18 bits per heavy atom. The number of halogens is 3. The van der Waals surface area contributed by atoms with Gasteiger partial charge < -0.3 is 20.3 Å². The van der Waals surface area contributed by atoms with Crippen molar-refractivity contribution in [2.24, 2.45) is 0 Å². The normalized spacial score (nSPS) is 16.6. The van der Waals surface area contributed by atoms with Crippen LogP contribution in [-0.2, 0) is 11.3 Å². The van der Waals surface area contributed by atoms with Crippen LogP contribution in [0.2, 0.25) is 0 Å². The van der Waals surface area contributed by atoms with Crippen molar-refractivity contribution in [3.05, 3.63) is 89.0 Å². The molecule has 33 heavy (non-hydrogen) atoms. The number of nitrogens with zero attached hydrogens (tertiary/aromatic N) is 1. The number of hydrogen-bond donors (Lipinski definition) is 3. The molecule has 0 bridgehead atoms. The molecule has 1 unspecified atom stereocenters. The van der Waals surface area contributed by atoms with E-state index in [9.17, 15) is 18.0 Å². The highest BCUT2D eigenvalue weighted by molar-refractivity contribution is 6.10. The number of hydrogen-bond acceptors (Lipinski definition) is 4. The molecule has 0 radical (unpaired) electrons. The summed E-state index contributed by atoms with van der Waals surface area (Å²) in [7, 11) is 2.04. The molecule has 170 valence electrons. The molecule has 2 aliphatic rings. The van der Waals surface area contributed by atoms with Crippen LogP contribution in [0.3, 0.4) is 0 Å². The molecule has 2 heterocycles. The summed E-state index contributed by atoms with van der Waals surface area (Å²) in [5.41, 5.74) is 4.72. The summed E-state index contributed by atoms with van der Waals surface area (Å²) in [6, 6.07) is 14.7. The minimum Gasteiger partial charge on any atom is -0.475 e. The second-order valence-corrected chi connectivity index (χ2v) is 7.66. The molecule has 3 aromatic rings. The quantitative estimate of drug-likeness (QED) is 0.536. The molecular weight excluding hydrogens is 435 g/mol. The van der Waals surface area contributed by atoms with Crippen LogP contribution in [0, 0.1) is 0 Å². The molecule has 1 aliphatic heterocycles. The SMILES string of the molecule is CN1C=Cc2c[nH]c3c2C1C=C(NCc1cccc2ccccc12)C3=O.O=C(O)C(F)(F)F. The van der Waals surface area contributed by atoms with E-state index in [0.717, 1.165) is 11.1 Å². The minimum absolute atomic E-state index is 0.0337. The number of carbonyl (C=O) groups is 2. The predicted octanol–water partition coefficient (Wildman–Crippen LogP) is 4.63. The number of benzene rings is 2. The van der Waals surface area contributed by atoms with Crippen LogP contribution < -0.4 is 5.32 Å². The van der Waals surface area contributed by atoms with Crippen molar-refractivity contribution in [3.8, 4) is 0 Å². The number of rotatable bonds is 3. The van der Waals surface area contributed by atoms with Gasteiger partial charge in [-0.15, -0.1) is 0 Å². The molecule has 9 heteroatoms. The first-order chi connectivity index (χ1) is 15.7. The first-order valence-electron chi connectivity index (χ1n) is 10.1. The Bertz CT molecular complexity index is 1290. The molecule has 0 fully saturated rings. The number of carbonyl (C=O) groups excluding carboxylic acids is 1. The molecule has 1 atom stereocenters. The Morgan fingerprint density at radius 3 is 2.61 bits per heavy atom. The van der Waals surface area contributed by atoms with Crippen molar-refractivity contribution in [2.75, 3.05) is 7.05 Å². The second kappa shape index (κ2) is 8.50. The lowest BCUT2D eigenvalue weighted by Crippen LogP contribution is -2.31. The molecule has 0 saturated carbocycles. The number of carboxylic acids is 1. The third kappa shape index (κ3) is 4.34. The fraction of sp³-hybridized carbons (Fsp3) is 0.167. The van der Waals surface area contributed by atoms with Gasteiger partial charge in [0.2, 0.25) is 5.78 Å². The number of fused-ring (bicyclic) bond motifs is 1. The number of carboxylic acid groups (broad SMARTS) is 1. The van der Waals surface area contributed by atoms with Crippen LogP contribution in [0.4, 0.5) is 13.2 Å². The minimum atomic E-state index is -5.08. The summed E-state index contributed by atoms with van der Waals surface area (Å²) in [6.45, 7) is 0.619. The van der Waals surface area contributed by atoms with Crippen molar-refractivity contribution in [2.45, 2.75) is 18.8 Å². The van der Waals surface area contributed by atoms with Crippen LogP contribution in [0.25, 0.3) is 16.8 Å². The standard InChI is InChI=1S/C22H19N3O.C2HF3O2/c1-25-10-9-16-13-24-21-20(16)19(25)11-18(22(21)26)23-12-15-7-4-6-14-5-2-3-8-17(14)15;3-2(4,5)1(6)7/h2-11,13,19,23-24H,12H2,1H3;(H,6,7). The van der Waals surface area contributed by atoms with Gasteiger partial charge in [-0.1, -0.05) is 42.5 Å². The van der Waals surface area contributed by atoms with Crippen molar-refractivity contribution in [1.29, 1.82) is 0 Å². The molecule has 2 aromatic carbocycles. The van der Waals surface area contributed by atoms with Crippen LogP contribution in [0.1, 0.15) is 33.2 Å². The van der Waals surface area contributed by atoms with Crippen molar-refractivity contribution in [1.82, 2.24) is 15.2 Å². The second-order valence-electron chi connectivity index (χ2n) is 7.66. The molecule has 0 saturated heterocycles. The average Bonchev–Trinajstić information content (AvgIpc) is 3.22. The summed E-state index contributed by atoms with van der Waals surface area (Å²) in [5.74, 6) is -2.72. The van der Waals surface area contributed by atoms with E-state index >= 15 is 0 Å². The molecule has 3 N–H and O–H groups in total. The average molecular weight is 455 g/mol. The number of Topliss-reactive ketones (excluding diaryl/α,β-unsaturated/α-hetero) is 1. The fourth-order valence-electron chi connectivity index (χ4n) is 3.93. The largest absolute Gasteiger partial charge is 0.490 e. The summed E-state index contributed by atoms with van der Waals surface area (Å²) < 4.78 is 31.7. The first-order valence-corrected chi connectivity index (χ1v) is 10.1. The monoisotopic (exact) mass is 455 g/mol. The zero-order valence-electron chi connectivity index (χ0n) is 17.5. The van der Waals surface area contributed by atoms with Crippen molar-refractivity contribution in [3.63, 3.8) is 0 Å². The molecular formula is C24H20F3N3O3. The van der Waals surface area contributed by atoms with E-state index < -0.39 is 12.1 Å². The van der Waals surface area contributed by atoms with E-state index in [1.807, 2.05) is 37.5 Å². The fourth-order valence-corrected chi connectivity index (χ4v) is 3.93. The van der Waals surface area contributed by atoms with E-state index in [4.69, 9.17) is 9.90 Å². The van der Waals surface area contributed by atoms with E-state index in [1.165, 1.54) is 16.3 Å². The Kier molecular flexibility index (Phi) is 5.71. The van der Waals surface area contributed by atoms with Crippen molar-refractivity contribution >= 4 is 28.6 Å². The van der Waals surface area contributed by atoms with Crippen LogP contribution in [0.5, 0.6) is 0 Å². The number of alkyl halides is 3. The van der Waals surface area contributed by atoms with Gasteiger partial charge in [-0.3, -0.25) is 4.79 Å². The number of H-pyrrole nitrogens is 1. The number of allylic oxidation sites excluding steroid dienone is 1. The van der Waals surface area contributed by atoms with E-state index in [1.54, 1.807) is 0 Å². The highest BCUT2D eigenvalue weighted by Crippen LogP contribution is 2.37. The highest BCUT2D eigenvalue weighted by atomic mass is 19.4. The summed E-state index contributed by atoms with van der Waals surface area (Å²) in [4.78, 5) is 27.1. The molecule has 1 aliphatic carbocycles. The van der Waals surface area contributed by atoms with Crippen LogP contribution in [-0.4, -0.2) is 40.0 Å². The Hall–Kier alpha value is -4.01. The molecule has 0 spiro atoms. The number of ketones is 1. The van der Waals surface area contributed by atoms with E-state index in [2.05, 4.69) is 51.7 Å². The van der Waals surface area contributed by atoms with Gasteiger partial charge in [-0.25, -0.2) is 4.79 Å². The van der Waals surface area contributed by atoms with Gasteiger partial charge >= 0.3 is 12.1 Å². The van der Waals surface area contributed by atoms with Crippen molar-refractivity contribution < 1.29 is 27.9 Å². The van der Waals surface area contributed by atoms with Gasteiger partial charge in [0.15, 0.2) is 0 Å². The zero-order valence-corrected chi connectivity index (χ0v) is 17.5.